The van der Waals surface area contributed by atoms with Crippen molar-refractivity contribution >= 4 is 32.5 Å². The predicted octanol–water partition coefficient (Wildman–Crippen LogP) is 3.99. The Labute approximate surface area is 175 Å². The molecule has 3 rings (SSSR count). The molecule has 0 saturated carbocycles. The van der Waals surface area contributed by atoms with Gasteiger partial charge in [-0.3, -0.25) is 9.36 Å². The van der Waals surface area contributed by atoms with E-state index in [0.29, 0.717) is 28.3 Å². The van der Waals surface area contributed by atoms with Crippen molar-refractivity contribution in [3.05, 3.63) is 69.7 Å². The minimum Gasteiger partial charge on any atom is -0.298 e. The number of aromatic nitrogens is 2. The van der Waals surface area contributed by atoms with Gasteiger partial charge in [0, 0.05) is 18.6 Å². The summed E-state index contributed by atoms with van der Waals surface area (Å²) in [5.41, 5.74) is 0.208. The van der Waals surface area contributed by atoms with Gasteiger partial charge in [-0.05, 0) is 43.2 Å². The Hall–Kier alpha value is -2.22. The third-order valence-electron chi connectivity index (χ3n) is 4.77. The number of halogens is 1. The highest BCUT2D eigenvalue weighted by molar-refractivity contribution is 7.89. The monoisotopic (exact) mass is 433 g/mol. The number of benzene rings is 2. The van der Waals surface area contributed by atoms with Crippen molar-refractivity contribution in [2.75, 3.05) is 6.54 Å². The fourth-order valence-corrected chi connectivity index (χ4v) is 5.26. The maximum atomic E-state index is 13.4. The molecule has 0 bridgehead atoms. The first-order valence-electron chi connectivity index (χ1n) is 9.36. The summed E-state index contributed by atoms with van der Waals surface area (Å²) >= 11 is 6.07. The van der Waals surface area contributed by atoms with E-state index >= 15 is 0 Å². The molecule has 29 heavy (non-hydrogen) atoms. The maximum Gasteiger partial charge on any atom is 0.261 e. The van der Waals surface area contributed by atoms with Crippen molar-refractivity contribution in [1.82, 2.24) is 13.9 Å². The second kappa shape index (κ2) is 8.26. The Morgan fingerprint density at radius 3 is 2.38 bits per heavy atom. The van der Waals surface area contributed by atoms with Crippen LogP contribution in [-0.4, -0.2) is 28.8 Å². The van der Waals surface area contributed by atoms with Crippen LogP contribution >= 0.6 is 11.6 Å². The molecule has 0 radical (unpaired) electrons. The minimum absolute atomic E-state index is 0.0860. The summed E-state index contributed by atoms with van der Waals surface area (Å²) in [5.74, 6) is 0.452. The van der Waals surface area contributed by atoms with Gasteiger partial charge < -0.3 is 0 Å². The molecule has 0 spiro atoms. The molecule has 0 saturated heterocycles. The molecule has 3 aromatic rings. The van der Waals surface area contributed by atoms with Crippen molar-refractivity contribution in [2.45, 2.75) is 31.7 Å². The van der Waals surface area contributed by atoms with Crippen molar-refractivity contribution in [3.8, 4) is 0 Å². The molecule has 1 aromatic heterocycles. The minimum atomic E-state index is -3.78. The molecule has 154 valence electrons. The zero-order valence-electron chi connectivity index (χ0n) is 16.8. The van der Waals surface area contributed by atoms with Crippen LogP contribution in [0.4, 0.5) is 0 Å². The van der Waals surface area contributed by atoms with Gasteiger partial charge in [-0.15, -0.1) is 0 Å². The largest absolute Gasteiger partial charge is 0.298 e. The van der Waals surface area contributed by atoms with Crippen LogP contribution in [0.3, 0.4) is 0 Å². The van der Waals surface area contributed by atoms with Crippen molar-refractivity contribution in [3.63, 3.8) is 0 Å². The molecule has 1 unspecified atom stereocenters. The van der Waals surface area contributed by atoms with Gasteiger partial charge in [0.15, 0.2) is 0 Å². The first-order chi connectivity index (χ1) is 13.6. The lowest BCUT2D eigenvalue weighted by Crippen LogP contribution is -2.39. The van der Waals surface area contributed by atoms with E-state index in [4.69, 9.17) is 11.6 Å². The molecule has 2 aromatic carbocycles. The Morgan fingerprint density at radius 2 is 1.76 bits per heavy atom. The molecule has 0 aliphatic heterocycles. The SMILES string of the molecule is CC(C)CN(C(C)c1nc2cc(Cl)ccc2c(=O)n1C)S(=O)(=O)c1ccccc1. The van der Waals surface area contributed by atoms with Crippen LogP contribution < -0.4 is 5.56 Å². The van der Waals surface area contributed by atoms with Crippen LogP contribution in [0.2, 0.25) is 5.02 Å². The van der Waals surface area contributed by atoms with Crippen LogP contribution in [-0.2, 0) is 17.1 Å². The topological polar surface area (TPSA) is 72.3 Å². The third-order valence-corrected chi connectivity index (χ3v) is 6.96. The van der Waals surface area contributed by atoms with E-state index in [1.165, 1.54) is 8.87 Å². The van der Waals surface area contributed by atoms with E-state index < -0.39 is 16.1 Å². The number of rotatable bonds is 6. The molecular formula is C21H24ClN3O3S. The van der Waals surface area contributed by atoms with E-state index in [-0.39, 0.29) is 16.4 Å². The van der Waals surface area contributed by atoms with E-state index in [1.54, 1.807) is 62.5 Å². The van der Waals surface area contributed by atoms with Crippen LogP contribution in [0, 0.1) is 5.92 Å². The predicted molar refractivity (Wildman–Crippen MR) is 116 cm³/mol. The molecule has 1 heterocycles. The van der Waals surface area contributed by atoms with Crippen LogP contribution in [0.25, 0.3) is 10.9 Å². The van der Waals surface area contributed by atoms with Crippen molar-refractivity contribution in [2.24, 2.45) is 13.0 Å². The number of sulfonamides is 1. The second-order valence-corrected chi connectivity index (χ2v) is 9.78. The average Bonchev–Trinajstić information content (AvgIpc) is 2.68. The fraction of sp³-hybridized carbons (Fsp3) is 0.333. The number of hydrogen-bond donors (Lipinski definition) is 0. The summed E-state index contributed by atoms with van der Waals surface area (Å²) in [6, 6.07) is 12.5. The van der Waals surface area contributed by atoms with Gasteiger partial charge in [-0.1, -0.05) is 43.6 Å². The van der Waals surface area contributed by atoms with Gasteiger partial charge in [0.1, 0.15) is 5.82 Å². The van der Waals surface area contributed by atoms with Gasteiger partial charge in [-0.2, -0.15) is 4.31 Å². The fourth-order valence-electron chi connectivity index (χ4n) is 3.32. The second-order valence-electron chi connectivity index (χ2n) is 7.45. The number of fused-ring (bicyclic) bond motifs is 1. The molecule has 0 aliphatic carbocycles. The zero-order valence-corrected chi connectivity index (χ0v) is 18.4. The van der Waals surface area contributed by atoms with Gasteiger partial charge in [0.25, 0.3) is 5.56 Å². The van der Waals surface area contributed by atoms with Crippen LogP contribution in [0.15, 0.2) is 58.2 Å². The van der Waals surface area contributed by atoms with Crippen molar-refractivity contribution < 1.29 is 8.42 Å². The third kappa shape index (κ3) is 4.22. The summed E-state index contributed by atoms with van der Waals surface area (Å²) in [7, 11) is -2.17. The summed E-state index contributed by atoms with van der Waals surface area (Å²) < 4.78 is 29.6. The molecule has 0 aliphatic rings. The summed E-state index contributed by atoms with van der Waals surface area (Å²) in [6.07, 6.45) is 0. The number of hydrogen-bond acceptors (Lipinski definition) is 4. The number of nitrogens with zero attached hydrogens (tertiary/aromatic N) is 3. The summed E-state index contributed by atoms with van der Waals surface area (Å²) in [6.45, 7) is 5.95. The lowest BCUT2D eigenvalue weighted by molar-refractivity contribution is 0.294. The Morgan fingerprint density at radius 1 is 1.10 bits per heavy atom. The van der Waals surface area contributed by atoms with E-state index in [2.05, 4.69) is 4.98 Å². The lowest BCUT2D eigenvalue weighted by Gasteiger charge is -2.30. The van der Waals surface area contributed by atoms with E-state index in [0.717, 1.165) is 0 Å². The molecule has 6 nitrogen and oxygen atoms in total. The summed E-state index contributed by atoms with van der Waals surface area (Å²) in [5, 5.41) is 0.905. The molecular weight excluding hydrogens is 410 g/mol. The Kier molecular flexibility index (Phi) is 6.12. The molecule has 8 heteroatoms. The molecule has 0 amide bonds. The van der Waals surface area contributed by atoms with Crippen LogP contribution in [0.5, 0.6) is 0 Å². The zero-order chi connectivity index (χ0) is 21.3. The van der Waals surface area contributed by atoms with E-state index in [9.17, 15) is 13.2 Å². The Bertz CT molecular complexity index is 1190. The quantitative estimate of drug-likeness (QED) is 0.589. The van der Waals surface area contributed by atoms with Crippen molar-refractivity contribution in [1.29, 1.82) is 0 Å². The highest BCUT2D eigenvalue weighted by atomic mass is 35.5. The van der Waals surface area contributed by atoms with Gasteiger partial charge in [0.05, 0.1) is 21.8 Å². The average molecular weight is 434 g/mol. The van der Waals surface area contributed by atoms with E-state index in [1.807, 2.05) is 13.8 Å². The normalized spacial score (nSPS) is 13.3. The highest BCUT2D eigenvalue weighted by Gasteiger charge is 2.32. The lowest BCUT2D eigenvalue weighted by atomic mass is 10.2. The standard InChI is InChI=1S/C21H24ClN3O3S/c1-14(2)13-25(29(27,28)17-8-6-5-7-9-17)15(3)20-23-19-12-16(22)10-11-18(19)21(26)24(20)4/h5-12,14-15H,13H2,1-4H3. The van der Waals surface area contributed by atoms with Gasteiger partial charge in [-0.25, -0.2) is 13.4 Å². The molecule has 0 N–H and O–H groups in total. The first-order valence-corrected chi connectivity index (χ1v) is 11.2. The van der Waals surface area contributed by atoms with Crippen LogP contribution in [0.1, 0.15) is 32.6 Å². The van der Waals surface area contributed by atoms with Gasteiger partial charge >= 0.3 is 0 Å². The molecule has 1 atom stereocenters. The maximum absolute atomic E-state index is 13.4. The summed E-state index contributed by atoms with van der Waals surface area (Å²) in [4.78, 5) is 17.7. The first kappa shape index (κ1) is 21.5. The Balaban J connectivity index is 2.17. The van der Waals surface area contributed by atoms with Gasteiger partial charge in [0.2, 0.25) is 10.0 Å². The molecule has 0 fully saturated rings. The smallest absolute Gasteiger partial charge is 0.261 e. The highest BCUT2D eigenvalue weighted by Crippen LogP contribution is 2.28.